The number of anilines is 2. The second-order valence-electron chi connectivity index (χ2n) is 10.6. The first-order valence-corrected chi connectivity index (χ1v) is 14.0. The van der Waals surface area contributed by atoms with Crippen LogP contribution in [0, 0.1) is 25.7 Å². The van der Waals surface area contributed by atoms with Crippen LogP contribution < -0.4 is 14.8 Å². The average Bonchev–Trinajstić information content (AvgIpc) is 3.43. The number of benzene rings is 3. The largest absolute Gasteiger partial charge is 0.482 e. The molecular weight excluding hydrogens is 532 g/mol. The molecule has 0 fully saturated rings. The van der Waals surface area contributed by atoms with E-state index in [9.17, 15) is 14.4 Å². The summed E-state index contributed by atoms with van der Waals surface area (Å²) >= 11 is 0. The Morgan fingerprint density at radius 3 is 1.76 bits per heavy atom. The van der Waals surface area contributed by atoms with Crippen LogP contribution in [0.2, 0.25) is 0 Å². The van der Waals surface area contributed by atoms with Crippen LogP contribution in [0.1, 0.15) is 43.4 Å². The zero-order valence-electron chi connectivity index (χ0n) is 24.4. The van der Waals surface area contributed by atoms with Gasteiger partial charge < -0.3 is 9.47 Å². The lowest BCUT2D eigenvalue weighted by atomic mass is 9.73. The summed E-state index contributed by atoms with van der Waals surface area (Å²) in [6.07, 6.45) is 0. The quantitative estimate of drug-likeness (QED) is 0.323. The number of hydrogen-bond acceptors (Lipinski definition) is 7. The zero-order valence-corrected chi connectivity index (χ0v) is 24.4. The van der Waals surface area contributed by atoms with Gasteiger partial charge in [0.15, 0.2) is 6.61 Å². The Kier molecular flexibility index (Phi) is 8.20. The van der Waals surface area contributed by atoms with Crippen LogP contribution in [0.3, 0.4) is 0 Å². The van der Waals surface area contributed by atoms with Crippen LogP contribution in [0.25, 0.3) is 0 Å². The van der Waals surface area contributed by atoms with Gasteiger partial charge in [0.1, 0.15) is 5.75 Å². The number of esters is 1. The Morgan fingerprint density at radius 1 is 0.786 bits per heavy atom. The highest BCUT2D eigenvalue weighted by Gasteiger charge is 2.50. The fourth-order valence-electron chi connectivity index (χ4n) is 5.46. The Balaban J connectivity index is 1.54. The molecular formula is C33H34N4O5. The van der Waals surface area contributed by atoms with E-state index in [4.69, 9.17) is 9.47 Å². The third kappa shape index (κ3) is 5.68. The maximum Gasteiger partial charge on any atom is 0.344 e. The van der Waals surface area contributed by atoms with Gasteiger partial charge in [-0.2, -0.15) is 10.2 Å². The Hall–Kier alpha value is -4.79. The van der Waals surface area contributed by atoms with Gasteiger partial charge in [0.25, 0.3) is 11.8 Å². The predicted molar refractivity (Wildman–Crippen MR) is 162 cm³/mol. The fourth-order valence-corrected chi connectivity index (χ4v) is 5.46. The summed E-state index contributed by atoms with van der Waals surface area (Å²) in [4.78, 5) is 40.1. The van der Waals surface area contributed by atoms with Crippen molar-refractivity contribution in [3.05, 3.63) is 89.5 Å². The lowest BCUT2D eigenvalue weighted by Crippen LogP contribution is -2.40. The van der Waals surface area contributed by atoms with E-state index in [0.29, 0.717) is 34.1 Å². The van der Waals surface area contributed by atoms with E-state index in [1.807, 2.05) is 82.3 Å². The van der Waals surface area contributed by atoms with Crippen molar-refractivity contribution in [1.29, 1.82) is 0 Å². The molecule has 2 unspecified atom stereocenters. The molecule has 0 aliphatic carbocycles. The molecule has 2 heterocycles. The first kappa shape index (κ1) is 28.7. The zero-order chi connectivity index (χ0) is 30.0. The van der Waals surface area contributed by atoms with Gasteiger partial charge in [0.2, 0.25) is 0 Å². The number of amides is 2. The predicted octanol–water partition coefficient (Wildman–Crippen LogP) is 5.41. The highest BCUT2D eigenvalue weighted by atomic mass is 16.6. The van der Waals surface area contributed by atoms with Gasteiger partial charge in [-0.3, -0.25) is 9.59 Å². The van der Waals surface area contributed by atoms with Crippen molar-refractivity contribution < 1.29 is 23.9 Å². The van der Waals surface area contributed by atoms with E-state index in [0.717, 1.165) is 11.1 Å². The summed E-state index contributed by atoms with van der Waals surface area (Å²) in [6, 6.07) is 22.3. The van der Waals surface area contributed by atoms with E-state index in [1.165, 1.54) is 10.0 Å². The molecule has 2 atom stereocenters. The second-order valence-corrected chi connectivity index (χ2v) is 10.6. The van der Waals surface area contributed by atoms with Crippen molar-refractivity contribution in [1.82, 2.24) is 0 Å². The molecule has 5 rings (SSSR count). The van der Waals surface area contributed by atoms with E-state index < -0.39 is 23.7 Å². The molecule has 0 saturated carbocycles. The molecule has 0 saturated heterocycles. The molecule has 2 aliphatic heterocycles. The molecule has 0 bridgehead atoms. The highest BCUT2D eigenvalue weighted by Crippen LogP contribution is 2.43. The number of carbonyl (C=O) groups excluding carboxylic acids is 3. The second kappa shape index (κ2) is 12.0. The molecule has 0 spiro atoms. The van der Waals surface area contributed by atoms with Gasteiger partial charge in [-0.1, -0.05) is 47.5 Å². The standard InChI is InChI=1S/C33H34N4O5/c1-6-41-28(38)19-42-27-9-7-8-24(18-27)31(29-22(4)34-36(32(29)39)25-14-10-20(2)11-15-25)30-23(5)35-37(33(30)40)26-16-12-21(3)13-17-26/h7-18,29-31H,6,19H2,1-5H3. The molecule has 42 heavy (non-hydrogen) atoms. The molecule has 9 nitrogen and oxygen atoms in total. The highest BCUT2D eigenvalue weighted by molar-refractivity contribution is 6.19. The molecule has 216 valence electrons. The van der Waals surface area contributed by atoms with Crippen molar-refractivity contribution in [3.8, 4) is 5.75 Å². The minimum absolute atomic E-state index is 0.228. The van der Waals surface area contributed by atoms with E-state index in [2.05, 4.69) is 10.2 Å². The Labute approximate surface area is 245 Å². The van der Waals surface area contributed by atoms with Crippen molar-refractivity contribution in [3.63, 3.8) is 0 Å². The van der Waals surface area contributed by atoms with Gasteiger partial charge in [-0.15, -0.1) is 0 Å². The van der Waals surface area contributed by atoms with Crippen LogP contribution in [0.4, 0.5) is 11.4 Å². The monoisotopic (exact) mass is 566 g/mol. The van der Waals surface area contributed by atoms with Gasteiger partial charge in [0, 0.05) is 17.3 Å². The molecule has 3 aromatic rings. The fraction of sp³-hybridized carbons (Fsp3) is 0.303. The molecule has 0 aromatic heterocycles. The number of hydrazone groups is 2. The van der Waals surface area contributed by atoms with Crippen LogP contribution >= 0.6 is 0 Å². The summed E-state index contributed by atoms with van der Waals surface area (Å²) in [6.45, 7) is 9.32. The van der Waals surface area contributed by atoms with Crippen LogP contribution in [0.5, 0.6) is 5.75 Å². The maximum absolute atomic E-state index is 14.1. The van der Waals surface area contributed by atoms with E-state index in [-0.39, 0.29) is 25.0 Å². The number of hydrogen-bond donors (Lipinski definition) is 0. The van der Waals surface area contributed by atoms with Crippen molar-refractivity contribution in [2.75, 3.05) is 23.2 Å². The summed E-state index contributed by atoms with van der Waals surface area (Å²) in [5.74, 6) is -2.61. The van der Waals surface area contributed by atoms with Gasteiger partial charge in [-0.05, 0) is 76.6 Å². The first-order valence-electron chi connectivity index (χ1n) is 14.0. The normalized spacial score (nSPS) is 19.1. The summed E-state index contributed by atoms with van der Waals surface area (Å²) < 4.78 is 10.7. The number of nitrogens with zero attached hydrogens (tertiary/aromatic N) is 4. The number of aryl methyl sites for hydroxylation is 2. The van der Waals surface area contributed by atoms with Gasteiger partial charge in [-0.25, -0.2) is 14.8 Å². The summed E-state index contributed by atoms with van der Waals surface area (Å²) in [5.41, 5.74) is 5.34. The van der Waals surface area contributed by atoms with Gasteiger partial charge >= 0.3 is 5.97 Å². The lowest BCUT2D eigenvalue weighted by Gasteiger charge is -2.29. The first-order chi connectivity index (χ1) is 20.2. The average molecular weight is 567 g/mol. The third-order valence-corrected chi connectivity index (χ3v) is 7.55. The number of carbonyl (C=O) groups is 3. The molecule has 3 aromatic carbocycles. The lowest BCUT2D eigenvalue weighted by molar-refractivity contribution is -0.145. The summed E-state index contributed by atoms with van der Waals surface area (Å²) in [5, 5.41) is 12.1. The Morgan fingerprint density at radius 2 is 1.29 bits per heavy atom. The van der Waals surface area contributed by atoms with Gasteiger partial charge in [0.05, 0.1) is 29.8 Å². The van der Waals surface area contributed by atoms with Crippen molar-refractivity contribution in [2.24, 2.45) is 22.0 Å². The maximum atomic E-state index is 14.1. The third-order valence-electron chi connectivity index (χ3n) is 7.55. The smallest absolute Gasteiger partial charge is 0.344 e. The van der Waals surface area contributed by atoms with Crippen LogP contribution in [-0.2, 0) is 19.1 Å². The van der Waals surface area contributed by atoms with Crippen LogP contribution in [-0.4, -0.2) is 42.4 Å². The number of rotatable bonds is 9. The molecule has 2 amide bonds. The van der Waals surface area contributed by atoms with E-state index >= 15 is 0 Å². The molecule has 9 heteroatoms. The minimum atomic E-state index is -0.733. The van der Waals surface area contributed by atoms with Crippen LogP contribution in [0.15, 0.2) is 83.0 Å². The van der Waals surface area contributed by atoms with Crippen molar-refractivity contribution >= 4 is 40.6 Å². The van der Waals surface area contributed by atoms with E-state index in [1.54, 1.807) is 25.1 Å². The molecule has 0 radical (unpaired) electrons. The summed E-state index contributed by atoms with van der Waals surface area (Å²) in [7, 11) is 0. The van der Waals surface area contributed by atoms with Crippen molar-refractivity contribution in [2.45, 2.75) is 40.5 Å². The number of ether oxygens (including phenoxy) is 2. The Bertz CT molecular complexity index is 1480. The topological polar surface area (TPSA) is 101 Å². The minimum Gasteiger partial charge on any atom is -0.482 e. The molecule has 2 aliphatic rings. The molecule has 0 N–H and O–H groups in total. The SMILES string of the molecule is CCOC(=O)COc1cccc(C(C2C(=O)N(c3ccc(C)cc3)N=C2C)C2C(=O)N(c3ccc(C)cc3)N=C2C)c1.